The van der Waals surface area contributed by atoms with Crippen LogP contribution in [0.15, 0.2) is 11.2 Å². The lowest BCUT2D eigenvalue weighted by Gasteiger charge is -2.12. The highest BCUT2D eigenvalue weighted by Gasteiger charge is 2.20. The smallest absolute Gasteiger partial charge is 0.259 e. The molecule has 5 nitrogen and oxygen atoms in total. The van der Waals surface area contributed by atoms with Crippen molar-refractivity contribution in [2.75, 3.05) is 6.54 Å². The van der Waals surface area contributed by atoms with E-state index in [1.54, 1.807) is 13.1 Å². The van der Waals surface area contributed by atoms with Gasteiger partial charge >= 0.3 is 0 Å². The van der Waals surface area contributed by atoms with Gasteiger partial charge in [0.15, 0.2) is 5.03 Å². The molecule has 1 aromatic heterocycles. The fraction of sp³-hybridized carbons (Fsp3) is 0.750. The lowest BCUT2D eigenvalue weighted by atomic mass is 10.1. The van der Waals surface area contributed by atoms with E-state index in [-0.39, 0.29) is 9.85 Å². The number of hydrogen-bond donors (Lipinski definition) is 1. The van der Waals surface area contributed by atoms with Crippen LogP contribution >= 0.6 is 15.9 Å². The van der Waals surface area contributed by atoms with Crippen LogP contribution in [0.4, 0.5) is 0 Å². The van der Waals surface area contributed by atoms with Gasteiger partial charge in [0, 0.05) is 24.1 Å². The Hall–Kier alpha value is -0.400. The Balaban J connectivity index is 2.70. The lowest BCUT2D eigenvalue weighted by Crippen LogP contribution is -2.30. The van der Waals surface area contributed by atoms with E-state index in [2.05, 4.69) is 39.5 Å². The lowest BCUT2D eigenvalue weighted by molar-refractivity contribution is 0.550. The molecule has 7 heteroatoms. The summed E-state index contributed by atoms with van der Waals surface area (Å²) in [5.41, 5.74) is 0. The van der Waals surface area contributed by atoms with Gasteiger partial charge in [-0.2, -0.15) is 0 Å². The number of alkyl halides is 1. The van der Waals surface area contributed by atoms with Crippen molar-refractivity contribution < 1.29 is 8.42 Å². The van der Waals surface area contributed by atoms with Crippen LogP contribution in [0.1, 0.15) is 33.0 Å². The minimum Gasteiger partial charge on any atom is -0.334 e. The van der Waals surface area contributed by atoms with Gasteiger partial charge < -0.3 is 4.57 Å². The van der Waals surface area contributed by atoms with Crippen molar-refractivity contribution in [2.45, 2.75) is 50.5 Å². The Morgan fingerprint density at radius 1 is 1.47 bits per heavy atom. The van der Waals surface area contributed by atoms with E-state index in [0.29, 0.717) is 24.8 Å². The van der Waals surface area contributed by atoms with Gasteiger partial charge in [-0.3, -0.25) is 0 Å². The normalized spacial score (nSPS) is 14.0. The molecule has 19 heavy (non-hydrogen) atoms. The van der Waals surface area contributed by atoms with Gasteiger partial charge in [0.25, 0.3) is 10.0 Å². The third kappa shape index (κ3) is 4.89. The number of nitrogens with zero attached hydrogens (tertiary/aromatic N) is 2. The largest absolute Gasteiger partial charge is 0.334 e. The van der Waals surface area contributed by atoms with Gasteiger partial charge in [0.05, 0.1) is 0 Å². The maximum Gasteiger partial charge on any atom is 0.259 e. The molecule has 0 amide bonds. The Labute approximate surface area is 124 Å². The van der Waals surface area contributed by atoms with E-state index in [9.17, 15) is 8.42 Å². The molecule has 0 aromatic carbocycles. The molecule has 0 aliphatic heterocycles. The summed E-state index contributed by atoms with van der Waals surface area (Å²) >= 11 is 3.48. The van der Waals surface area contributed by atoms with Crippen molar-refractivity contribution in [1.82, 2.24) is 14.3 Å². The van der Waals surface area contributed by atoms with Crippen LogP contribution < -0.4 is 4.72 Å². The maximum absolute atomic E-state index is 12.1. The molecule has 1 aromatic rings. The molecule has 1 heterocycles. The van der Waals surface area contributed by atoms with Gasteiger partial charge in [-0.1, -0.05) is 29.8 Å². The van der Waals surface area contributed by atoms with Crippen LogP contribution in [0.25, 0.3) is 0 Å². The SMILES string of the molecule is CCn1cc(S(=O)(=O)NCC(Br)CC(C)C)nc1C. The van der Waals surface area contributed by atoms with Crippen LogP contribution in [0.3, 0.4) is 0 Å². The van der Waals surface area contributed by atoms with Crippen LogP contribution in [-0.2, 0) is 16.6 Å². The van der Waals surface area contributed by atoms with Crippen LogP contribution in [0, 0.1) is 12.8 Å². The summed E-state index contributed by atoms with van der Waals surface area (Å²) in [5, 5.41) is 0.0936. The maximum atomic E-state index is 12.1. The molecule has 0 aliphatic carbocycles. The fourth-order valence-electron chi connectivity index (χ4n) is 1.80. The summed E-state index contributed by atoms with van der Waals surface area (Å²) in [7, 11) is -3.51. The van der Waals surface area contributed by atoms with Gasteiger partial charge in [0.1, 0.15) is 5.82 Å². The quantitative estimate of drug-likeness (QED) is 0.766. The van der Waals surface area contributed by atoms with Gasteiger partial charge in [-0.25, -0.2) is 18.1 Å². The fourth-order valence-corrected chi connectivity index (χ4v) is 4.01. The molecule has 1 unspecified atom stereocenters. The van der Waals surface area contributed by atoms with Crippen molar-refractivity contribution in [1.29, 1.82) is 0 Å². The molecule has 0 bridgehead atoms. The van der Waals surface area contributed by atoms with Crippen LogP contribution in [-0.4, -0.2) is 29.3 Å². The number of aryl methyl sites for hydroxylation is 2. The average Bonchev–Trinajstić information content (AvgIpc) is 2.68. The van der Waals surface area contributed by atoms with Crippen molar-refractivity contribution in [3.63, 3.8) is 0 Å². The van der Waals surface area contributed by atoms with E-state index in [1.165, 1.54) is 0 Å². The zero-order valence-electron chi connectivity index (χ0n) is 11.9. The molecule has 0 saturated carbocycles. The molecule has 0 radical (unpaired) electrons. The highest BCUT2D eigenvalue weighted by Crippen LogP contribution is 2.13. The number of sulfonamides is 1. The standard InChI is InChI=1S/C12H22BrN3O2S/c1-5-16-8-12(15-10(16)4)19(17,18)14-7-11(13)6-9(2)3/h8-9,11,14H,5-7H2,1-4H3. The molecule has 110 valence electrons. The summed E-state index contributed by atoms with van der Waals surface area (Å²) in [5.74, 6) is 1.23. The molecule has 1 atom stereocenters. The third-order valence-corrected chi connectivity index (χ3v) is 4.78. The first-order valence-corrected chi connectivity index (χ1v) is 8.83. The Morgan fingerprint density at radius 2 is 2.11 bits per heavy atom. The van der Waals surface area contributed by atoms with Gasteiger partial charge in [-0.15, -0.1) is 0 Å². The first-order valence-electron chi connectivity index (χ1n) is 6.43. The van der Waals surface area contributed by atoms with Gasteiger partial charge in [0.2, 0.25) is 0 Å². The highest BCUT2D eigenvalue weighted by molar-refractivity contribution is 9.09. The van der Waals surface area contributed by atoms with E-state index in [0.717, 1.165) is 6.42 Å². The molecule has 0 saturated heterocycles. The van der Waals surface area contributed by atoms with Crippen LogP contribution in [0.5, 0.6) is 0 Å². The summed E-state index contributed by atoms with van der Waals surface area (Å²) in [6, 6.07) is 0. The summed E-state index contributed by atoms with van der Waals surface area (Å²) < 4.78 is 28.6. The molecule has 0 spiro atoms. The van der Waals surface area contributed by atoms with E-state index >= 15 is 0 Å². The predicted octanol–water partition coefficient (Wildman–Crippen LogP) is 2.30. The minimum absolute atomic E-state index is 0.0936. The van der Waals surface area contributed by atoms with Crippen LogP contribution in [0.2, 0.25) is 0 Å². The number of aromatic nitrogens is 2. The monoisotopic (exact) mass is 351 g/mol. The second-order valence-electron chi connectivity index (χ2n) is 4.99. The van der Waals surface area contributed by atoms with E-state index < -0.39 is 10.0 Å². The third-order valence-electron chi connectivity index (χ3n) is 2.79. The molecule has 1 rings (SSSR count). The Morgan fingerprint density at radius 3 is 2.58 bits per heavy atom. The molecule has 0 aliphatic rings. The minimum atomic E-state index is -3.51. The molecular formula is C12H22BrN3O2S. The zero-order valence-corrected chi connectivity index (χ0v) is 14.3. The van der Waals surface area contributed by atoms with Crippen molar-refractivity contribution in [3.8, 4) is 0 Å². The number of hydrogen-bond acceptors (Lipinski definition) is 3. The second-order valence-corrected chi connectivity index (χ2v) is 8.00. The van der Waals surface area contributed by atoms with E-state index in [1.807, 2.05) is 11.5 Å². The number of halogens is 1. The summed E-state index contributed by atoms with van der Waals surface area (Å²) in [6.07, 6.45) is 2.49. The number of rotatable bonds is 7. The molecule has 0 fully saturated rings. The van der Waals surface area contributed by atoms with E-state index in [4.69, 9.17) is 0 Å². The summed E-state index contributed by atoms with van der Waals surface area (Å²) in [4.78, 5) is 4.22. The van der Waals surface area contributed by atoms with Crippen molar-refractivity contribution >= 4 is 26.0 Å². The average molecular weight is 352 g/mol. The first kappa shape index (κ1) is 16.7. The first-order chi connectivity index (χ1) is 8.76. The highest BCUT2D eigenvalue weighted by atomic mass is 79.9. The number of nitrogens with one attached hydrogen (secondary N) is 1. The molecular weight excluding hydrogens is 330 g/mol. The Bertz CT molecular complexity index is 511. The molecule has 1 N–H and O–H groups in total. The summed E-state index contributed by atoms with van der Waals surface area (Å²) in [6.45, 7) is 9.05. The number of imidazole rings is 1. The zero-order chi connectivity index (χ0) is 14.6. The Kier molecular flexibility index (Phi) is 6.01. The van der Waals surface area contributed by atoms with Crippen molar-refractivity contribution in [3.05, 3.63) is 12.0 Å². The van der Waals surface area contributed by atoms with Gasteiger partial charge in [-0.05, 0) is 26.2 Å². The predicted molar refractivity (Wildman–Crippen MR) is 80.0 cm³/mol. The van der Waals surface area contributed by atoms with Crippen molar-refractivity contribution in [2.24, 2.45) is 5.92 Å². The second kappa shape index (κ2) is 6.85. The topological polar surface area (TPSA) is 64.0 Å².